The number of nitrogens with one attached hydrogen (secondary N) is 2. The topological polar surface area (TPSA) is 80.3 Å². The van der Waals surface area contributed by atoms with Gasteiger partial charge in [0, 0.05) is 23.9 Å². The number of carbonyl (C=O) groups excluding carboxylic acids is 2. The van der Waals surface area contributed by atoms with Crippen LogP contribution in [0.4, 0.5) is 0 Å². The molecule has 7 heteroatoms. The summed E-state index contributed by atoms with van der Waals surface area (Å²) in [5.41, 5.74) is 2.71. The molecule has 0 bridgehead atoms. The van der Waals surface area contributed by atoms with Crippen molar-refractivity contribution < 1.29 is 14.3 Å². The van der Waals surface area contributed by atoms with Gasteiger partial charge >= 0.3 is 0 Å². The van der Waals surface area contributed by atoms with E-state index >= 15 is 0 Å². The summed E-state index contributed by atoms with van der Waals surface area (Å²) < 4.78 is 5.86. The summed E-state index contributed by atoms with van der Waals surface area (Å²) in [7, 11) is 0. The van der Waals surface area contributed by atoms with Gasteiger partial charge in [-0.25, -0.2) is 4.98 Å². The molecular weight excluding hydrogens is 410 g/mol. The van der Waals surface area contributed by atoms with Crippen LogP contribution in [0, 0.1) is 13.8 Å². The van der Waals surface area contributed by atoms with Crippen LogP contribution >= 0.6 is 11.3 Å². The average Bonchev–Trinajstić information content (AvgIpc) is 3.21. The summed E-state index contributed by atoms with van der Waals surface area (Å²) in [5.74, 6) is 0.698. The number of carbonyl (C=O) groups is 2. The number of amides is 2. The molecule has 1 aromatic carbocycles. The second-order valence-corrected chi connectivity index (χ2v) is 9.32. The predicted molar refractivity (Wildman–Crippen MR) is 124 cm³/mol. The Morgan fingerprint density at radius 3 is 2.45 bits per heavy atom. The lowest BCUT2D eigenvalue weighted by molar-refractivity contribution is -0.122. The maximum atomic E-state index is 12.8. The number of nitrogens with zero attached hydrogens (tertiary/aromatic N) is 1. The summed E-state index contributed by atoms with van der Waals surface area (Å²) in [6.45, 7) is 6.49. The van der Waals surface area contributed by atoms with Crippen LogP contribution in [-0.4, -0.2) is 28.9 Å². The van der Waals surface area contributed by atoms with E-state index in [9.17, 15) is 9.59 Å². The van der Waals surface area contributed by atoms with Crippen molar-refractivity contribution in [2.75, 3.05) is 0 Å². The number of unbranched alkanes of at least 4 members (excludes halogenated alkanes) is 1. The lowest BCUT2D eigenvalue weighted by atomic mass is 9.90. The van der Waals surface area contributed by atoms with Crippen molar-refractivity contribution in [3.63, 3.8) is 0 Å². The summed E-state index contributed by atoms with van der Waals surface area (Å²) in [6, 6.07) is 6.03. The summed E-state index contributed by atoms with van der Waals surface area (Å²) in [4.78, 5) is 29.4. The number of aromatic nitrogens is 1. The van der Waals surface area contributed by atoms with Gasteiger partial charge in [0.2, 0.25) is 5.91 Å². The highest BCUT2D eigenvalue weighted by Crippen LogP contribution is 2.21. The van der Waals surface area contributed by atoms with Crippen LogP contribution in [0.15, 0.2) is 23.6 Å². The second-order valence-electron chi connectivity index (χ2n) is 8.38. The largest absolute Gasteiger partial charge is 0.486 e. The molecule has 2 aromatic rings. The van der Waals surface area contributed by atoms with Crippen molar-refractivity contribution in [1.29, 1.82) is 0 Å². The summed E-state index contributed by atoms with van der Waals surface area (Å²) in [5, 5.41) is 8.75. The van der Waals surface area contributed by atoms with Gasteiger partial charge in [0.25, 0.3) is 5.91 Å². The fraction of sp³-hybridized carbons (Fsp3) is 0.542. The Morgan fingerprint density at radius 2 is 1.77 bits per heavy atom. The zero-order valence-electron chi connectivity index (χ0n) is 18.7. The Balaban J connectivity index is 1.54. The minimum absolute atomic E-state index is 0.00643. The summed E-state index contributed by atoms with van der Waals surface area (Å²) >= 11 is 1.42. The maximum Gasteiger partial charge on any atom is 0.271 e. The van der Waals surface area contributed by atoms with Crippen LogP contribution in [0.1, 0.15) is 78.5 Å². The van der Waals surface area contributed by atoms with Crippen molar-refractivity contribution in [3.8, 4) is 5.75 Å². The Labute approximate surface area is 188 Å². The molecule has 1 heterocycles. The fourth-order valence-electron chi connectivity index (χ4n) is 3.98. The molecule has 0 radical (unpaired) electrons. The van der Waals surface area contributed by atoms with Gasteiger partial charge in [-0.05, 0) is 56.4 Å². The van der Waals surface area contributed by atoms with Crippen LogP contribution in [0.2, 0.25) is 0 Å². The number of aryl methyl sites for hydroxylation is 2. The SMILES string of the molecule is CCCCC(=O)N[C@H]1CCCC[C@@H]1NC(=O)c1csc(COc2cc(C)cc(C)c2)n1. The molecule has 2 atom stereocenters. The zero-order chi connectivity index (χ0) is 22.2. The number of ether oxygens (including phenoxy) is 1. The van der Waals surface area contributed by atoms with E-state index in [1.807, 2.05) is 26.0 Å². The molecule has 168 valence electrons. The molecule has 0 spiro atoms. The van der Waals surface area contributed by atoms with Crippen LogP contribution in [-0.2, 0) is 11.4 Å². The molecule has 1 fully saturated rings. The highest BCUT2D eigenvalue weighted by Gasteiger charge is 2.28. The van der Waals surface area contributed by atoms with Gasteiger partial charge < -0.3 is 15.4 Å². The van der Waals surface area contributed by atoms with E-state index < -0.39 is 0 Å². The number of thiazole rings is 1. The molecule has 31 heavy (non-hydrogen) atoms. The maximum absolute atomic E-state index is 12.8. The number of benzene rings is 1. The van der Waals surface area contributed by atoms with Gasteiger partial charge in [-0.15, -0.1) is 11.3 Å². The summed E-state index contributed by atoms with van der Waals surface area (Å²) in [6.07, 6.45) is 6.33. The lowest BCUT2D eigenvalue weighted by Gasteiger charge is -2.32. The van der Waals surface area contributed by atoms with Crippen molar-refractivity contribution in [3.05, 3.63) is 45.4 Å². The van der Waals surface area contributed by atoms with Crippen LogP contribution in [0.3, 0.4) is 0 Å². The zero-order valence-corrected chi connectivity index (χ0v) is 19.5. The van der Waals surface area contributed by atoms with E-state index in [0.717, 1.165) is 60.4 Å². The molecule has 0 saturated heterocycles. The average molecular weight is 444 g/mol. The van der Waals surface area contributed by atoms with Crippen LogP contribution in [0.5, 0.6) is 5.75 Å². The van der Waals surface area contributed by atoms with Crippen LogP contribution < -0.4 is 15.4 Å². The first kappa shape index (κ1) is 23.3. The van der Waals surface area contributed by atoms with Crippen LogP contribution in [0.25, 0.3) is 0 Å². The molecule has 0 aliphatic heterocycles. The smallest absolute Gasteiger partial charge is 0.271 e. The normalized spacial score (nSPS) is 18.4. The van der Waals surface area contributed by atoms with Crippen molar-refractivity contribution >= 4 is 23.2 Å². The van der Waals surface area contributed by atoms with E-state index in [2.05, 4.69) is 28.6 Å². The molecule has 2 N–H and O–H groups in total. The van der Waals surface area contributed by atoms with Gasteiger partial charge in [0.05, 0.1) is 0 Å². The van der Waals surface area contributed by atoms with Gasteiger partial charge in [0.15, 0.2) is 0 Å². The Bertz CT molecular complexity index is 876. The van der Waals surface area contributed by atoms with E-state index in [1.54, 1.807) is 5.38 Å². The standard InChI is InChI=1S/C24H33N3O3S/c1-4-5-10-22(28)25-19-8-6-7-9-20(19)27-24(29)21-15-31-23(26-21)14-30-18-12-16(2)11-17(3)13-18/h11-13,15,19-20H,4-10,14H2,1-3H3,(H,25,28)(H,27,29)/t19-,20-/m0/s1. The first-order valence-corrected chi connectivity index (χ1v) is 12.1. The van der Waals surface area contributed by atoms with Crippen molar-refractivity contribution in [2.24, 2.45) is 0 Å². The highest BCUT2D eigenvalue weighted by atomic mass is 32.1. The molecule has 2 amide bonds. The molecule has 1 aromatic heterocycles. The molecule has 1 aliphatic rings. The van der Waals surface area contributed by atoms with Crippen molar-refractivity contribution in [2.45, 2.75) is 84.4 Å². The van der Waals surface area contributed by atoms with Crippen molar-refractivity contribution in [1.82, 2.24) is 15.6 Å². The first-order valence-electron chi connectivity index (χ1n) is 11.2. The van der Waals surface area contributed by atoms with Gasteiger partial charge in [0.1, 0.15) is 23.1 Å². The monoisotopic (exact) mass is 443 g/mol. The third-order valence-corrected chi connectivity index (χ3v) is 6.35. The first-order chi connectivity index (χ1) is 14.9. The third-order valence-electron chi connectivity index (χ3n) is 5.53. The Morgan fingerprint density at radius 1 is 1.10 bits per heavy atom. The van der Waals surface area contributed by atoms with Gasteiger partial charge in [-0.1, -0.05) is 32.3 Å². The second kappa shape index (κ2) is 11.3. The van der Waals surface area contributed by atoms with E-state index in [1.165, 1.54) is 11.3 Å². The van der Waals surface area contributed by atoms with Gasteiger partial charge in [-0.2, -0.15) is 0 Å². The van der Waals surface area contributed by atoms with E-state index in [4.69, 9.17) is 4.74 Å². The molecule has 0 unspecified atom stereocenters. The molecule has 1 aliphatic carbocycles. The molecule has 3 rings (SSSR count). The Kier molecular flexibility index (Phi) is 8.46. The minimum atomic E-state index is -0.186. The minimum Gasteiger partial charge on any atom is -0.486 e. The quantitative estimate of drug-likeness (QED) is 0.589. The Hall–Kier alpha value is -2.41. The number of rotatable bonds is 9. The van der Waals surface area contributed by atoms with E-state index in [-0.39, 0.29) is 23.9 Å². The number of hydrogen-bond acceptors (Lipinski definition) is 5. The fourth-order valence-corrected chi connectivity index (χ4v) is 4.66. The predicted octanol–water partition coefficient (Wildman–Crippen LogP) is 4.69. The van der Waals surface area contributed by atoms with Gasteiger partial charge in [-0.3, -0.25) is 9.59 Å². The lowest BCUT2D eigenvalue weighted by Crippen LogP contribution is -2.53. The molecule has 6 nitrogen and oxygen atoms in total. The number of hydrogen-bond donors (Lipinski definition) is 2. The molecular formula is C24H33N3O3S. The molecule has 1 saturated carbocycles. The van der Waals surface area contributed by atoms with E-state index in [0.29, 0.717) is 18.7 Å². The highest BCUT2D eigenvalue weighted by molar-refractivity contribution is 7.09. The third kappa shape index (κ3) is 7.06.